The van der Waals surface area contributed by atoms with Crippen LogP contribution in [-0.4, -0.2) is 9.91 Å². The largest absolute Gasteiger partial charge is 0.466 e. The molecule has 2 heterocycles. The third kappa shape index (κ3) is 2.51. The molecule has 2 aromatic rings. The molecule has 2 N–H and O–H groups in total. The van der Waals surface area contributed by atoms with E-state index in [0.717, 1.165) is 0 Å². The maximum absolute atomic E-state index is 10.7. The lowest BCUT2D eigenvalue weighted by Gasteiger charge is -2.04. The summed E-state index contributed by atoms with van der Waals surface area (Å²) in [5.74, 6) is 0.583. The number of anilines is 1. The SMILES string of the molecule is Nc1ccc([N+](=O)[O-])c(OCc2ccco2)n1. The minimum absolute atomic E-state index is 0.0598. The second kappa shape index (κ2) is 4.52. The van der Waals surface area contributed by atoms with Crippen molar-refractivity contribution in [3.05, 3.63) is 46.4 Å². The minimum atomic E-state index is -0.579. The first-order valence-corrected chi connectivity index (χ1v) is 4.73. The molecule has 0 radical (unpaired) electrons. The quantitative estimate of drug-likeness (QED) is 0.639. The van der Waals surface area contributed by atoms with Crippen LogP contribution in [0.5, 0.6) is 5.88 Å². The van der Waals surface area contributed by atoms with Crippen LogP contribution in [0.2, 0.25) is 0 Å². The first-order valence-electron chi connectivity index (χ1n) is 4.73. The van der Waals surface area contributed by atoms with Crippen LogP contribution in [0.4, 0.5) is 11.5 Å². The molecule has 0 aliphatic heterocycles. The van der Waals surface area contributed by atoms with E-state index in [0.29, 0.717) is 5.76 Å². The van der Waals surface area contributed by atoms with E-state index < -0.39 is 4.92 Å². The Hall–Kier alpha value is -2.57. The van der Waals surface area contributed by atoms with E-state index in [1.807, 2.05) is 0 Å². The molecule has 0 saturated heterocycles. The topological polar surface area (TPSA) is 104 Å². The number of nitrogens with two attached hydrogens (primary N) is 1. The van der Waals surface area contributed by atoms with E-state index in [4.69, 9.17) is 14.9 Å². The van der Waals surface area contributed by atoms with E-state index in [2.05, 4.69) is 4.98 Å². The number of aromatic nitrogens is 1. The van der Waals surface area contributed by atoms with Gasteiger partial charge in [0.25, 0.3) is 5.88 Å². The number of nitrogens with zero attached hydrogens (tertiary/aromatic N) is 2. The van der Waals surface area contributed by atoms with Gasteiger partial charge in [-0.25, -0.2) is 0 Å². The fraction of sp³-hybridized carbons (Fsp3) is 0.100. The van der Waals surface area contributed by atoms with Gasteiger partial charge in [-0.15, -0.1) is 0 Å². The van der Waals surface area contributed by atoms with Crippen molar-refractivity contribution in [2.45, 2.75) is 6.61 Å². The zero-order valence-corrected chi connectivity index (χ0v) is 8.70. The summed E-state index contributed by atoms with van der Waals surface area (Å²) in [6, 6.07) is 5.98. The predicted octanol–water partition coefficient (Wildman–Crippen LogP) is 1.74. The number of nitrogen functional groups attached to an aromatic ring is 1. The van der Waals surface area contributed by atoms with Gasteiger partial charge in [0.2, 0.25) is 0 Å². The van der Waals surface area contributed by atoms with Crippen LogP contribution >= 0.6 is 0 Å². The van der Waals surface area contributed by atoms with Gasteiger partial charge in [-0.2, -0.15) is 4.98 Å². The van der Waals surface area contributed by atoms with Crippen LogP contribution in [0.3, 0.4) is 0 Å². The number of rotatable bonds is 4. The van der Waals surface area contributed by atoms with E-state index >= 15 is 0 Å². The highest BCUT2D eigenvalue weighted by Crippen LogP contribution is 2.26. The standard InChI is InChI=1S/C10H9N3O4/c11-9-4-3-8(13(14)15)10(12-9)17-6-7-2-1-5-16-7/h1-5H,6H2,(H2,11,12). The van der Waals surface area contributed by atoms with Crippen LogP contribution in [0.25, 0.3) is 0 Å². The predicted molar refractivity (Wildman–Crippen MR) is 58.3 cm³/mol. The fourth-order valence-corrected chi connectivity index (χ4v) is 1.23. The highest BCUT2D eigenvalue weighted by atomic mass is 16.6. The number of ether oxygens (including phenoxy) is 1. The molecule has 0 spiro atoms. The highest BCUT2D eigenvalue weighted by Gasteiger charge is 2.17. The molecule has 88 valence electrons. The highest BCUT2D eigenvalue weighted by molar-refractivity contribution is 5.46. The van der Waals surface area contributed by atoms with Crippen molar-refractivity contribution >= 4 is 11.5 Å². The van der Waals surface area contributed by atoms with Gasteiger partial charge in [-0.05, 0) is 18.2 Å². The molecule has 0 aliphatic carbocycles. The summed E-state index contributed by atoms with van der Waals surface area (Å²) in [6.45, 7) is 0.0598. The maximum atomic E-state index is 10.7. The second-order valence-corrected chi connectivity index (χ2v) is 3.19. The monoisotopic (exact) mass is 235 g/mol. The zero-order valence-electron chi connectivity index (χ0n) is 8.70. The number of pyridine rings is 1. The Morgan fingerprint density at radius 2 is 2.29 bits per heavy atom. The van der Waals surface area contributed by atoms with Crippen molar-refractivity contribution in [2.24, 2.45) is 0 Å². The van der Waals surface area contributed by atoms with Gasteiger partial charge < -0.3 is 14.9 Å². The molecule has 0 unspecified atom stereocenters. The van der Waals surface area contributed by atoms with Crippen molar-refractivity contribution in [2.75, 3.05) is 5.73 Å². The van der Waals surface area contributed by atoms with Crippen LogP contribution in [0, 0.1) is 10.1 Å². The average Bonchev–Trinajstić information content (AvgIpc) is 2.78. The molecule has 0 atom stereocenters. The van der Waals surface area contributed by atoms with Gasteiger partial charge in [0.05, 0.1) is 11.2 Å². The van der Waals surface area contributed by atoms with Crippen molar-refractivity contribution in [3.8, 4) is 5.88 Å². The lowest BCUT2D eigenvalue weighted by atomic mass is 10.4. The van der Waals surface area contributed by atoms with Crippen molar-refractivity contribution in [1.82, 2.24) is 4.98 Å². The third-order valence-electron chi connectivity index (χ3n) is 1.99. The molecule has 0 aliphatic rings. The number of hydrogen-bond donors (Lipinski definition) is 1. The first kappa shape index (κ1) is 10.9. The molecule has 7 nitrogen and oxygen atoms in total. The second-order valence-electron chi connectivity index (χ2n) is 3.19. The molecule has 0 fully saturated rings. The Balaban J connectivity index is 2.19. The Kier molecular flexibility index (Phi) is 2.91. The molecule has 17 heavy (non-hydrogen) atoms. The summed E-state index contributed by atoms with van der Waals surface area (Å²) in [5, 5.41) is 10.7. The normalized spacial score (nSPS) is 10.1. The summed E-state index contributed by atoms with van der Waals surface area (Å²) < 4.78 is 10.2. The molecular formula is C10H9N3O4. The lowest BCUT2D eigenvalue weighted by molar-refractivity contribution is -0.386. The Labute approximate surface area is 96.0 Å². The number of nitro groups is 1. The van der Waals surface area contributed by atoms with Crippen molar-refractivity contribution in [3.63, 3.8) is 0 Å². The molecule has 2 aromatic heterocycles. The number of hydrogen-bond acceptors (Lipinski definition) is 6. The molecular weight excluding hydrogens is 226 g/mol. The Morgan fingerprint density at radius 3 is 2.94 bits per heavy atom. The Bertz CT molecular complexity index is 524. The van der Waals surface area contributed by atoms with Crippen molar-refractivity contribution in [1.29, 1.82) is 0 Å². The van der Waals surface area contributed by atoms with E-state index in [9.17, 15) is 10.1 Å². The smallest absolute Gasteiger partial charge is 0.331 e. The molecule has 2 rings (SSSR count). The van der Waals surface area contributed by atoms with Gasteiger partial charge in [0.15, 0.2) is 0 Å². The summed E-state index contributed by atoms with van der Waals surface area (Å²) in [7, 11) is 0. The van der Waals surface area contributed by atoms with Crippen LogP contribution in [0.1, 0.15) is 5.76 Å². The number of furan rings is 1. The van der Waals surface area contributed by atoms with E-state index in [1.54, 1.807) is 12.1 Å². The van der Waals surface area contributed by atoms with E-state index in [1.165, 1.54) is 18.4 Å². The molecule has 7 heteroatoms. The van der Waals surface area contributed by atoms with Crippen molar-refractivity contribution < 1.29 is 14.1 Å². The zero-order chi connectivity index (χ0) is 12.3. The fourth-order valence-electron chi connectivity index (χ4n) is 1.23. The van der Waals surface area contributed by atoms with Gasteiger partial charge in [-0.1, -0.05) is 0 Å². The van der Waals surface area contributed by atoms with Crippen LogP contribution < -0.4 is 10.5 Å². The minimum Gasteiger partial charge on any atom is -0.466 e. The van der Waals surface area contributed by atoms with Gasteiger partial charge in [-0.3, -0.25) is 10.1 Å². The summed E-state index contributed by atoms with van der Waals surface area (Å²) in [5.41, 5.74) is 5.21. The maximum Gasteiger partial charge on any atom is 0.331 e. The van der Waals surface area contributed by atoms with E-state index in [-0.39, 0.29) is 24.0 Å². The van der Waals surface area contributed by atoms with Gasteiger partial charge in [0.1, 0.15) is 18.2 Å². The summed E-state index contributed by atoms with van der Waals surface area (Å²) >= 11 is 0. The molecule has 0 bridgehead atoms. The molecule has 0 aromatic carbocycles. The van der Waals surface area contributed by atoms with Crippen LogP contribution in [0.15, 0.2) is 34.9 Å². The molecule has 0 amide bonds. The lowest BCUT2D eigenvalue weighted by Crippen LogP contribution is -2.02. The Morgan fingerprint density at radius 1 is 1.47 bits per heavy atom. The first-order chi connectivity index (χ1) is 8.16. The third-order valence-corrected chi connectivity index (χ3v) is 1.99. The van der Waals surface area contributed by atoms with Gasteiger partial charge >= 0.3 is 5.69 Å². The van der Waals surface area contributed by atoms with Crippen LogP contribution in [-0.2, 0) is 6.61 Å². The average molecular weight is 235 g/mol. The van der Waals surface area contributed by atoms with Gasteiger partial charge in [0, 0.05) is 6.07 Å². The molecule has 0 saturated carbocycles. The summed E-state index contributed by atoms with van der Waals surface area (Å²) in [6.07, 6.45) is 1.49. The summed E-state index contributed by atoms with van der Waals surface area (Å²) in [4.78, 5) is 13.9.